The van der Waals surface area contributed by atoms with Crippen LogP contribution in [-0.2, 0) is 11.3 Å². The zero-order valence-electron chi connectivity index (χ0n) is 21.4. The predicted molar refractivity (Wildman–Crippen MR) is 145 cm³/mol. The fourth-order valence-corrected chi connectivity index (χ4v) is 4.58. The maximum atomic E-state index is 13.0. The summed E-state index contributed by atoms with van der Waals surface area (Å²) in [6.07, 6.45) is 5.27. The van der Waals surface area contributed by atoms with Crippen LogP contribution in [-0.4, -0.2) is 69.6 Å². The Labute approximate surface area is 221 Å². The van der Waals surface area contributed by atoms with Gasteiger partial charge in [0.15, 0.2) is 17.0 Å². The summed E-state index contributed by atoms with van der Waals surface area (Å²) in [4.78, 5) is 41.0. The molecular weight excluding hydrogens is 482 g/mol. The van der Waals surface area contributed by atoms with Crippen LogP contribution >= 0.6 is 0 Å². The second-order valence-corrected chi connectivity index (χ2v) is 9.28. The van der Waals surface area contributed by atoms with Gasteiger partial charge in [0, 0.05) is 12.1 Å². The van der Waals surface area contributed by atoms with Crippen molar-refractivity contribution in [2.75, 3.05) is 43.9 Å². The molecule has 4 aromatic rings. The van der Waals surface area contributed by atoms with Gasteiger partial charge in [0.1, 0.15) is 0 Å². The highest BCUT2D eigenvalue weighted by atomic mass is 16.5. The highest BCUT2D eigenvalue weighted by Crippen LogP contribution is 2.22. The molecule has 0 aliphatic carbocycles. The summed E-state index contributed by atoms with van der Waals surface area (Å²) in [5.74, 6) is -0.0799. The van der Waals surface area contributed by atoms with E-state index in [1.165, 1.54) is 33.0 Å². The molecule has 2 aromatic heterocycles. The molecule has 1 amide bonds. The van der Waals surface area contributed by atoms with E-state index in [2.05, 4.69) is 30.5 Å². The van der Waals surface area contributed by atoms with Gasteiger partial charge in [0.25, 0.3) is 5.91 Å². The number of fused-ring (bicyclic) bond motifs is 1. The number of rotatable bonds is 10. The van der Waals surface area contributed by atoms with Crippen LogP contribution in [0.1, 0.15) is 45.5 Å². The molecule has 1 aliphatic rings. The van der Waals surface area contributed by atoms with E-state index in [0.29, 0.717) is 34.7 Å². The molecule has 1 saturated heterocycles. The highest BCUT2D eigenvalue weighted by Gasteiger charge is 2.17. The lowest BCUT2D eigenvalue weighted by Gasteiger charge is -2.15. The van der Waals surface area contributed by atoms with Crippen molar-refractivity contribution in [1.82, 2.24) is 24.4 Å². The molecule has 10 heteroatoms. The number of anilines is 2. The molecule has 0 bridgehead atoms. The van der Waals surface area contributed by atoms with Gasteiger partial charge in [0.2, 0.25) is 5.95 Å². The van der Waals surface area contributed by atoms with Gasteiger partial charge in [-0.2, -0.15) is 9.97 Å². The molecule has 196 valence electrons. The SMILES string of the molecule is COC(=O)c1ccc(C(=O)Nc2nc(NCCCN3CCCC3)c3ncn(Cc4ccccc4)c3n2)cc1. The number of amides is 1. The normalized spacial score (nSPS) is 13.5. The van der Waals surface area contributed by atoms with E-state index in [-0.39, 0.29) is 11.9 Å². The molecule has 0 spiro atoms. The minimum Gasteiger partial charge on any atom is -0.465 e. The van der Waals surface area contributed by atoms with Gasteiger partial charge in [-0.1, -0.05) is 30.3 Å². The van der Waals surface area contributed by atoms with E-state index in [9.17, 15) is 9.59 Å². The maximum Gasteiger partial charge on any atom is 0.337 e. The van der Waals surface area contributed by atoms with Crippen molar-refractivity contribution in [3.05, 3.63) is 77.6 Å². The molecular formula is C28H31N7O3. The first kappa shape index (κ1) is 25.3. The topological polar surface area (TPSA) is 114 Å². The van der Waals surface area contributed by atoms with Crippen molar-refractivity contribution in [2.45, 2.75) is 25.8 Å². The first-order valence-corrected chi connectivity index (χ1v) is 12.8. The number of nitrogens with zero attached hydrogens (tertiary/aromatic N) is 5. The number of ether oxygens (including phenoxy) is 1. The summed E-state index contributed by atoms with van der Waals surface area (Å²) in [5.41, 5.74) is 3.14. The number of imidazole rings is 1. The Morgan fingerprint density at radius 3 is 2.45 bits per heavy atom. The molecule has 10 nitrogen and oxygen atoms in total. The number of likely N-dealkylation sites (tertiary alicyclic amines) is 1. The number of hydrogen-bond acceptors (Lipinski definition) is 8. The third kappa shape index (κ3) is 5.97. The molecule has 1 fully saturated rings. The second-order valence-electron chi connectivity index (χ2n) is 9.28. The van der Waals surface area contributed by atoms with Crippen molar-refractivity contribution >= 4 is 34.8 Å². The average Bonchev–Trinajstić information content (AvgIpc) is 3.62. The van der Waals surface area contributed by atoms with Crippen molar-refractivity contribution in [3.8, 4) is 0 Å². The van der Waals surface area contributed by atoms with Crippen molar-refractivity contribution in [2.24, 2.45) is 0 Å². The minimum absolute atomic E-state index is 0.177. The standard InChI is InChI=1S/C28H31N7O3/c1-38-27(37)22-12-10-21(11-13-22)26(36)33-28-31-24(29-14-7-17-34-15-5-6-16-34)23-25(32-28)35(19-30-23)18-20-8-3-2-4-9-20/h2-4,8-13,19H,5-7,14-18H2,1H3,(H2,29,31,32,33,36). The van der Waals surface area contributed by atoms with Crippen LogP contribution in [0.25, 0.3) is 11.2 Å². The number of hydrogen-bond donors (Lipinski definition) is 2. The zero-order chi connectivity index (χ0) is 26.3. The summed E-state index contributed by atoms with van der Waals surface area (Å²) >= 11 is 0. The summed E-state index contributed by atoms with van der Waals surface area (Å²) in [5, 5.41) is 6.22. The molecule has 0 unspecified atom stereocenters. The highest BCUT2D eigenvalue weighted by molar-refractivity contribution is 6.04. The van der Waals surface area contributed by atoms with E-state index < -0.39 is 5.97 Å². The molecule has 5 rings (SSSR count). The van der Waals surface area contributed by atoms with E-state index in [4.69, 9.17) is 4.74 Å². The summed E-state index contributed by atoms with van der Waals surface area (Å²) in [7, 11) is 1.32. The number of methoxy groups -OCH3 is 1. The summed E-state index contributed by atoms with van der Waals surface area (Å²) in [6, 6.07) is 16.3. The van der Waals surface area contributed by atoms with Crippen LogP contribution in [0.5, 0.6) is 0 Å². The Morgan fingerprint density at radius 2 is 1.71 bits per heavy atom. The van der Waals surface area contributed by atoms with Crippen molar-refractivity contribution in [1.29, 1.82) is 0 Å². The van der Waals surface area contributed by atoms with Crippen LogP contribution in [0.2, 0.25) is 0 Å². The minimum atomic E-state index is -0.460. The van der Waals surface area contributed by atoms with Gasteiger partial charge >= 0.3 is 5.97 Å². The predicted octanol–water partition coefficient (Wildman–Crippen LogP) is 3.81. The Morgan fingerprint density at radius 1 is 0.974 bits per heavy atom. The summed E-state index contributed by atoms with van der Waals surface area (Å²) < 4.78 is 6.67. The first-order chi connectivity index (χ1) is 18.6. The Bertz CT molecular complexity index is 1400. The van der Waals surface area contributed by atoms with Crippen LogP contribution in [0.15, 0.2) is 60.9 Å². The van der Waals surface area contributed by atoms with Crippen LogP contribution in [0.3, 0.4) is 0 Å². The average molecular weight is 514 g/mol. The number of aromatic nitrogens is 4. The molecule has 0 saturated carbocycles. The van der Waals surface area contributed by atoms with Crippen LogP contribution in [0, 0.1) is 0 Å². The second kappa shape index (κ2) is 11.8. The van der Waals surface area contributed by atoms with Gasteiger partial charge < -0.3 is 19.5 Å². The van der Waals surface area contributed by atoms with Crippen LogP contribution < -0.4 is 10.6 Å². The smallest absolute Gasteiger partial charge is 0.337 e. The third-order valence-electron chi connectivity index (χ3n) is 6.60. The Kier molecular flexibility index (Phi) is 7.89. The Hall–Kier alpha value is -4.31. The first-order valence-electron chi connectivity index (χ1n) is 12.8. The van der Waals surface area contributed by atoms with Crippen LogP contribution in [0.4, 0.5) is 11.8 Å². The maximum absolute atomic E-state index is 13.0. The lowest BCUT2D eigenvalue weighted by Crippen LogP contribution is -2.22. The number of nitrogens with one attached hydrogen (secondary N) is 2. The molecule has 0 atom stereocenters. The fraction of sp³-hybridized carbons (Fsp3) is 0.321. The van der Waals surface area contributed by atoms with Gasteiger partial charge in [-0.15, -0.1) is 0 Å². The zero-order valence-corrected chi connectivity index (χ0v) is 21.4. The van der Waals surface area contributed by atoms with Gasteiger partial charge in [-0.25, -0.2) is 9.78 Å². The number of esters is 1. The molecule has 38 heavy (non-hydrogen) atoms. The largest absolute Gasteiger partial charge is 0.465 e. The number of carbonyl (C=O) groups is 2. The van der Waals surface area contributed by atoms with E-state index in [1.807, 2.05) is 34.9 Å². The number of carbonyl (C=O) groups excluding carboxylic acids is 2. The summed E-state index contributed by atoms with van der Waals surface area (Å²) in [6.45, 7) is 4.69. The number of benzene rings is 2. The van der Waals surface area contributed by atoms with Gasteiger partial charge in [-0.3, -0.25) is 10.1 Å². The molecule has 0 radical (unpaired) electrons. The molecule has 2 aromatic carbocycles. The molecule has 1 aliphatic heterocycles. The molecule has 2 N–H and O–H groups in total. The molecule has 3 heterocycles. The van der Waals surface area contributed by atoms with E-state index in [1.54, 1.807) is 30.6 Å². The van der Waals surface area contributed by atoms with E-state index >= 15 is 0 Å². The fourth-order valence-electron chi connectivity index (χ4n) is 4.58. The lowest BCUT2D eigenvalue weighted by molar-refractivity contribution is 0.0600. The van der Waals surface area contributed by atoms with Crippen molar-refractivity contribution in [3.63, 3.8) is 0 Å². The third-order valence-corrected chi connectivity index (χ3v) is 6.60. The lowest BCUT2D eigenvalue weighted by atomic mass is 10.1. The quantitative estimate of drug-likeness (QED) is 0.243. The van der Waals surface area contributed by atoms with E-state index in [0.717, 1.165) is 25.1 Å². The van der Waals surface area contributed by atoms with Crippen molar-refractivity contribution < 1.29 is 14.3 Å². The van der Waals surface area contributed by atoms with Gasteiger partial charge in [0.05, 0.1) is 25.5 Å². The van der Waals surface area contributed by atoms with Gasteiger partial charge in [-0.05, 0) is 68.7 Å². The Balaban J connectivity index is 1.37. The monoisotopic (exact) mass is 513 g/mol.